The van der Waals surface area contributed by atoms with Crippen molar-refractivity contribution in [3.05, 3.63) is 18.0 Å². The lowest BCUT2D eigenvalue weighted by Gasteiger charge is -2.20. The second-order valence-electron chi connectivity index (χ2n) is 5.74. The topological polar surface area (TPSA) is 81.1 Å². The zero-order valence-corrected chi connectivity index (χ0v) is 13.1. The SMILES string of the molecule is Cc1nn(C)c2ncc(NC(=O)N[C@@H](C)[C@@H]3CCCO3)cc12. The lowest BCUT2D eigenvalue weighted by molar-refractivity contribution is 0.0868. The summed E-state index contributed by atoms with van der Waals surface area (Å²) < 4.78 is 7.31. The Bertz CT molecular complexity index is 691. The summed E-state index contributed by atoms with van der Waals surface area (Å²) in [7, 11) is 1.85. The highest BCUT2D eigenvalue weighted by Gasteiger charge is 2.23. The molecule has 2 aromatic rings. The number of amides is 2. The Hall–Kier alpha value is -2.15. The second kappa shape index (κ2) is 5.92. The molecule has 1 fully saturated rings. The Labute approximate surface area is 129 Å². The first-order chi connectivity index (χ1) is 10.5. The lowest BCUT2D eigenvalue weighted by Crippen LogP contribution is -2.42. The molecule has 0 bridgehead atoms. The predicted octanol–water partition coefficient (Wildman–Crippen LogP) is 1.97. The molecule has 1 aliphatic rings. The Morgan fingerprint density at radius 1 is 1.55 bits per heavy atom. The highest BCUT2D eigenvalue weighted by atomic mass is 16.5. The summed E-state index contributed by atoms with van der Waals surface area (Å²) >= 11 is 0. The highest BCUT2D eigenvalue weighted by molar-refractivity contribution is 5.92. The molecule has 118 valence electrons. The summed E-state index contributed by atoms with van der Waals surface area (Å²) in [4.78, 5) is 16.4. The molecule has 0 aromatic carbocycles. The van der Waals surface area contributed by atoms with E-state index >= 15 is 0 Å². The minimum atomic E-state index is -0.245. The van der Waals surface area contributed by atoms with Crippen molar-refractivity contribution in [1.29, 1.82) is 0 Å². The molecule has 22 heavy (non-hydrogen) atoms. The molecule has 3 rings (SSSR count). The van der Waals surface area contributed by atoms with E-state index in [1.807, 2.05) is 27.0 Å². The van der Waals surface area contributed by atoms with E-state index in [1.54, 1.807) is 10.9 Å². The molecular weight excluding hydrogens is 282 g/mol. The Kier molecular flexibility index (Phi) is 3.98. The molecule has 0 unspecified atom stereocenters. The van der Waals surface area contributed by atoms with Crippen molar-refractivity contribution in [3.63, 3.8) is 0 Å². The van der Waals surface area contributed by atoms with Crippen LogP contribution in [0.15, 0.2) is 12.3 Å². The number of ether oxygens (including phenoxy) is 1. The van der Waals surface area contributed by atoms with E-state index in [0.29, 0.717) is 5.69 Å². The second-order valence-corrected chi connectivity index (χ2v) is 5.74. The number of aromatic nitrogens is 3. The molecule has 7 heteroatoms. The number of nitrogens with one attached hydrogen (secondary N) is 2. The van der Waals surface area contributed by atoms with Gasteiger partial charge in [0.2, 0.25) is 0 Å². The molecule has 2 amide bonds. The monoisotopic (exact) mass is 303 g/mol. The first kappa shape index (κ1) is 14.8. The van der Waals surface area contributed by atoms with E-state index in [0.717, 1.165) is 36.2 Å². The van der Waals surface area contributed by atoms with Gasteiger partial charge in [0.1, 0.15) is 0 Å². The molecule has 3 heterocycles. The molecule has 1 aliphatic heterocycles. The van der Waals surface area contributed by atoms with Crippen LogP contribution in [-0.2, 0) is 11.8 Å². The number of carbonyl (C=O) groups is 1. The van der Waals surface area contributed by atoms with Gasteiger partial charge in [-0.2, -0.15) is 5.10 Å². The van der Waals surface area contributed by atoms with Gasteiger partial charge < -0.3 is 15.4 Å². The normalized spacial score (nSPS) is 19.3. The minimum absolute atomic E-state index is 0.0145. The van der Waals surface area contributed by atoms with Crippen molar-refractivity contribution in [2.24, 2.45) is 7.05 Å². The summed E-state index contributed by atoms with van der Waals surface area (Å²) in [5, 5.41) is 11.0. The van der Waals surface area contributed by atoms with Crippen LogP contribution in [0.5, 0.6) is 0 Å². The Balaban J connectivity index is 1.67. The largest absolute Gasteiger partial charge is 0.376 e. The van der Waals surface area contributed by atoms with Crippen LogP contribution < -0.4 is 10.6 Å². The molecule has 0 aliphatic carbocycles. The van der Waals surface area contributed by atoms with Gasteiger partial charge in [0, 0.05) is 19.0 Å². The van der Waals surface area contributed by atoms with Gasteiger partial charge in [0.25, 0.3) is 0 Å². The molecular formula is C15H21N5O2. The van der Waals surface area contributed by atoms with Crippen LogP contribution in [-0.4, -0.2) is 39.5 Å². The van der Waals surface area contributed by atoms with E-state index in [2.05, 4.69) is 20.7 Å². The van der Waals surface area contributed by atoms with Crippen LogP contribution in [0.2, 0.25) is 0 Å². The number of urea groups is 1. The minimum Gasteiger partial charge on any atom is -0.376 e. The molecule has 2 aromatic heterocycles. The van der Waals surface area contributed by atoms with Crippen LogP contribution in [0, 0.1) is 6.92 Å². The Morgan fingerprint density at radius 2 is 2.36 bits per heavy atom. The summed E-state index contributed by atoms with van der Waals surface area (Å²) in [6, 6.07) is 1.63. The molecule has 2 N–H and O–H groups in total. The van der Waals surface area contributed by atoms with E-state index in [4.69, 9.17) is 4.74 Å². The average molecular weight is 303 g/mol. The molecule has 1 saturated heterocycles. The van der Waals surface area contributed by atoms with Crippen molar-refractivity contribution >= 4 is 22.8 Å². The van der Waals surface area contributed by atoms with Crippen LogP contribution in [0.4, 0.5) is 10.5 Å². The summed E-state index contributed by atoms with van der Waals surface area (Å²) in [5.41, 5.74) is 2.35. The summed E-state index contributed by atoms with van der Waals surface area (Å²) in [6.07, 6.45) is 3.79. The third kappa shape index (κ3) is 2.89. The number of hydrogen-bond acceptors (Lipinski definition) is 4. The van der Waals surface area contributed by atoms with E-state index in [1.165, 1.54) is 0 Å². The van der Waals surface area contributed by atoms with Crippen LogP contribution in [0.25, 0.3) is 11.0 Å². The number of aryl methyl sites for hydroxylation is 2. The number of nitrogens with zero attached hydrogens (tertiary/aromatic N) is 3. The van der Waals surface area contributed by atoms with Gasteiger partial charge in [-0.3, -0.25) is 4.68 Å². The van der Waals surface area contributed by atoms with E-state index in [9.17, 15) is 4.79 Å². The van der Waals surface area contributed by atoms with Crippen LogP contribution in [0.3, 0.4) is 0 Å². The standard InChI is InChI=1S/C15H21N5O2/c1-9-12-7-11(8-16-14(12)20(3)19-9)18-15(21)17-10(2)13-5-4-6-22-13/h7-8,10,13H,4-6H2,1-3H3,(H2,17,18,21)/t10-,13-/m0/s1. The van der Waals surface area contributed by atoms with Gasteiger partial charge in [-0.25, -0.2) is 9.78 Å². The van der Waals surface area contributed by atoms with Crippen molar-refractivity contribution in [3.8, 4) is 0 Å². The average Bonchev–Trinajstić information content (AvgIpc) is 3.08. The fraction of sp³-hybridized carbons (Fsp3) is 0.533. The maximum absolute atomic E-state index is 12.1. The molecule has 2 atom stereocenters. The zero-order valence-electron chi connectivity index (χ0n) is 13.1. The lowest BCUT2D eigenvalue weighted by atomic mass is 10.1. The van der Waals surface area contributed by atoms with Gasteiger partial charge >= 0.3 is 6.03 Å². The van der Waals surface area contributed by atoms with Crippen molar-refractivity contribution < 1.29 is 9.53 Å². The van der Waals surface area contributed by atoms with E-state index in [-0.39, 0.29) is 18.2 Å². The molecule has 0 spiro atoms. The molecule has 7 nitrogen and oxygen atoms in total. The molecule has 0 radical (unpaired) electrons. The fourth-order valence-electron chi connectivity index (χ4n) is 2.84. The number of carbonyl (C=O) groups excluding carboxylic acids is 1. The predicted molar refractivity (Wildman–Crippen MR) is 83.8 cm³/mol. The molecule has 0 saturated carbocycles. The fourth-order valence-corrected chi connectivity index (χ4v) is 2.84. The number of fused-ring (bicyclic) bond motifs is 1. The third-order valence-electron chi connectivity index (χ3n) is 4.00. The summed E-state index contributed by atoms with van der Waals surface area (Å²) in [5.74, 6) is 0. The smallest absolute Gasteiger partial charge is 0.319 e. The van der Waals surface area contributed by atoms with E-state index < -0.39 is 0 Å². The zero-order chi connectivity index (χ0) is 15.7. The van der Waals surface area contributed by atoms with Gasteiger partial charge in [0.05, 0.1) is 29.7 Å². The van der Waals surface area contributed by atoms with Gasteiger partial charge in [-0.1, -0.05) is 0 Å². The number of rotatable bonds is 3. The Morgan fingerprint density at radius 3 is 3.09 bits per heavy atom. The highest BCUT2D eigenvalue weighted by Crippen LogP contribution is 2.19. The first-order valence-electron chi connectivity index (χ1n) is 7.53. The maximum atomic E-state index is 12.1. The van der Waals surface area contributed by atoms with Crippen molar-refractivity contribution in [2.45, 2.75) is 38.8 Å². The number of hydrogen-bond donors (Lipinski definition) is 2. The van der Waals surface area contributed by atoms with Crippen molar-refractivity contribution in [1.82, 2.24) is 20.1 Å². The van der Waals surface area contributed by atoms with Crippen LogP contribution >= 0.6 is 0 Å². The number of pyridine rings is 1. The third-order valence-corrected chi connectivity index (χ3v) is 4.00. The quantitative estimate of drug-likeness (QED) is 0.908. The van der Waals surface area contributed by atoms with Gasteiger partial charge in [-0.05, 0) is 32.8 Å². The van der Waals surface area contributed by atoms with Gasteiger partial charge in [0.15, 0.2) is 5.65 Å². The number of anilines is 1. The first-order valence-corrected chi connectivity index (χ1v) is 7.53. The van der Waals surface area contributed by atoms with Gasteiger partial charge in [-0.15, -0.1) is 0 Å². The summed E-state index contributed by atoms with van der Waals surface area (Å²) in [6.45, 7) is 4.66. The van der Waals surface area contributed by atoms with Crippen LogP contribution in [0.1, 0.15) is 25.5 Å². The maximum Gasteiger partial charge on any atom is 0.319 e. The van der Waals surface area contributed by atoms with Crippen molar-refractivity contribution in [2.75, 3.05) is 11.9 Å².